The third kappa shape index (κ3) is 10.6. The zero-order chi connectivity index (χ0) is 18.2. The SMILES string of the molecule is CC(=O)S.Cc1ccc(CC(=O)S)c(/C=N/[S+]([O-])C(C)(C)C)c1. The van der Waals surface area contributed by atoms with E-state index in [-0.39, 0.29) is 21.4 Å². The summed E-state index contributed by atoms with van der Waals surface area (Å²) in [6.07, 6.45) is 1.83. The van der Waals surface area contributed by atoms with Crippen molar-refractivity contribution in [2.24, 2.45) is 4.40 Å². The molecule has 0 spiro atoms. The molecule has 0 fully saturated rings. The molecule has 1 atom stereocenters. The first-order valence-electron chi connectivity index (χ1n) is 6.90. The molecule has 0 amide bonds. The standard InChI is InChI=1S/C14H19NO2S2.C2H4OS/c1-10-5-6-11(8-13(16)18)12(7-10)9-15-19(17)14(2,3)4;1-2(3)4/h5-7,9H,8H2,1-4H3,(H,16,18);1H3,(H,3,4)/b15-9+;. The minimum absolute atomic E-state index is 0.139. The molecule has 0 N–H and O–H groups in total. The van der Waals surface area contributed by atoms with Crippen molar-refractivity contribution in [1.82, 2.24) is 0 Å². The van der Waals surface area contributed by atoms with E-state index in [1.165, 1.54) is 6.92 Å². The van der Waals surface area contributed by atoms with Gasteiger partial charge in [-0.3, -0.25) is 9.59 Å². The quantitative estimate of drug-likeness (QED) is 0.483. The minimum atomic E-state index is -1.30. The third-order valence-corrected chi connectivity index (χ3v) is 3.96. The van der Waals surface area contributed by atoms with Crippen LogP contribution in [0.1, 0.15) is 44.4 Å². The number of carbonyl (C=O) groups is 2. The summed E-state index contributed by atoms with van der Waals surface area (Å²) in [6, 6.07) is 5.74. The maximum atomic E-state index is 11.9. The fourth-order valence-corrected chi connectivity index (χ4v) is 2.12. The molecule has 128 valence electrons. The summed E-state index contributed by atoms with van der Waals surface area (Å²) >= 11 is 5.82. The van der Waals surface area contributed by atoms with E-state index in [0.717, 1.165) is 16.7 Å². The molecule has 0 bridgehead atoms. The van der Waals surface area contributed by atoms with Crippen molar-refractivity contribution in [3.63, 3.8) is 0 Å². The van der Waals surface area contributed by atoms with Crippen LogP contribution in [0.3, 0.4) is 0 Å². The average Bonchev–Trinajstić information content (AvgIpc) is 2.36. The van der Waals surface area contributed by atoms with Gasteiger partial charge in [-0.1, -0.05) is 28.2 Å². The lowest BCUT2D eigenvalue weighted by Crippen LogP contribution is -2.25. The van der Waals surface area contributed by atoms with E-state index < -0.39 is 11.4 Å². The number of hydrogen-bond donors (Lipinski definition) is 2. The predicted octanol–water partition coefficient (Wildman–Crippen LogP) is 3.34. The summed E-state index contributed by atoms with van der Waals surface area (Å²) in [7, 11) is 0. The van der Waals surface area contributed by atoms with E-state index in [1.54, 1.807) is 6.21 Å². The van der Waals surface area contributed by atoms with Gasteiger partial charge in [0.25, 0.3) is 0 Å². The van der Waals surface area contributed by atoms with E-state index in [1.807, 2.05) is 45.9 Å². The Labute approximate surface area is 152 Å². The molecule has 0 aliphatic carbocycles. The highest BCUT2D eigenvalue weighted by Gasteiger charge is 2.25. The molecule has 4 nitrogen and oxygen atoms in total. The van der Waals surface area contributed by atoms with Crippen LogP contribution in [-0.2, 0) is 27.4 Å². The van der Waals surface area contributed by atoms with Crippen LogP contribution < -0.4 is 0 Å². The minimum Gasteiger partial charge on any atom is -0.591 e. The van der Waals surface area contributed by atoms with Crippen LogP contribution in [0.2, 0.25) is 0 Å². The maximum absolute atomic E-state index is 11.9. The molecule has 0 aliphatic rings. The van der Waals surface area contributed by atoms with Gasteiger partial charge in [0.05, 0.1) is 6.21 Å². The van der Waals surface area contributed by atoms with Crippen LogP contribution in [0, 0.1) is 6.92 Å². The second-order valence-corrected chi connectivity index (χ2v) is 8.95. The van der Waals surface area contributed by atoms with E-state index in [2.05, 4.69) is 29.7 Å². The largest absolute Gasteiger partial charge is 0.591 e. The molecule has 0 radical (unpaired) electrons. The first-order chi connectivity index (χ1) is 10.4. The van der Waals surface area contributed by atoms with Crippen LogP contribution in [0.25, 0.3) is 0 Å². The first kappa shape index (κ1) is 22.2. The Hall–Kier alpha value is -0.760. The van der Waals surface area contributed by atoms with Gasteiger partial charge in [-0.25, -0.2) is 0 Å². The van der Waals surface area contributed by atoms with Gasteiger partial charge in [0, 0.05) is 18.9 Å². The number of hydrogen-bond acceptors (Lipinski definition) is 4. The molecule has 1 aromatic carbocycles. The highest BCUT2D eigenvalue weighted by molar-refractivity contribution is 7.96. The van der Waals surface area contributed by atoms with Gasteiger partial charge < -0.3 is 4.55 Å². The highest BCUT2D eigenvalue weighted by atomic mass is 32.2. The van der Waals surface area contributed by atoms with Gasteiger partial charge in [-0.2, -0.15) is 0 Å². The molecule has 1 rings (SSSR count). The fraction of sp³-hybridized carbons (Fsp3) is 0.438. The van der Waals surface area contributed by atoms with Crippen LogP contribution in [-0.4, -0.2) is 25.7 Å². The molecule has 23 heavy (non-hydrogen) atoms. The molecular weight excluding hydrogens is 350 g/mol. The lowest BCUT2D eigenvalue weighted by Gasteiger charge is -2.17. The van der Waals surface area contributed by atoms with Crippen LogP contribution in [0.5, 0.6) is 0 Å². The summed E-state index contributed by atoms with van der Waals surface area (Å²) in [4.78, 5) is 20.4. The summed E-state index contributed by atoms with van der Waals surface area (Å²) in [5.74, 6) is 0. The summed E-state index contributed by atoms with van der Waals surface area (Å²) < 4.78 is 15.6. The molecular formula is C16H23NO3S3. The smallest absolute Gasteiger partial charge is 0.190 e. The molecule has 0 aromatic heterocycles. The van der Waals surface area contributed by atoms with E-state index in [9.17, 15) is 14.1 Å². The van der Waals surface area contributed by atoms with Crippen molar-refractivity contribution in [2.45, 2.75) is 45.8 Å². The highest BCUT2D eigenvalue weighted by Crippen LogP contribution is 2.18. The van der Waals surface area contributed by atoms with Crippen LogP contribution in [0.15, 0.2) is 22.6 Å². The second-order valence-electron chi connectivity index (χ2n) is 5.89. The molecule has 0 aliphatic heterocycles. The first-order valence-corrected chi connectivity index (χ1v) is 8.90. The van der Waals surface area contributed by atoms with Crippen LogP contribution in [0.4, 0.5) is 0 Å². The van der Waals surface area contributed by atoms with E-state index >= 15 is 0 Å². The Morgan fingerprint density at radius 1 is 1.30 bits per heavy atom. The number of nitrogens with zero attached hydrogens (tertiary/aromatic N) is 1. The van der Waals surface area contributed by atoms with Crippen molar-refractivity contribution in [3.8, 4) is 0 Å². The Morgan fingerprint density at radius 3 is 2.26 bits per heavy atom. The lowest BCUT2D eigenvalue weighted by atomic mass is 10.0. The predicted molar refractivity (Wildman–Crippen MR) is 104 cm³/mol. The maximum Gasteiger partial charge on any atom is 0.190 e. The van der Waals surface area contributed by atoms with Crippen molar-refractivity contribution >= 4 is 53.1 Å². The number of benzene rings is 1. The number of aryl methyl sites for hydroxylation is 1. The molecule has 0 saturated carbocycles. The summed E-state index contributed by atoms with van der Waals surface area (Å²) in [5, 5.41) is -0.338. The van der Waals surface area contributed by atoms with Crippen molar-refractivity contribution in [1.29, 1.82) is 0 Å². The second kappa shape index (κ2) is 10.2. The van der Waals surface area contributed by atoms with Gasteiger partial charge in [0.15, 0.2) is 10.2 Å². The molecule has 0 saturated heterocycles. The average molecular weight is 374 g/mol. The van der Waals surface area contributed by atoms with Gasteiger partial charge in [0.1, 0.15) is 16.1 Å². The normalized spacial score (nSPS) is 12.5. The third-order valence-electron chi connectivity index (χ3n) is 2.45. The van der Waals surface area contributed by atoms with Gasteiger partial charge in [-0.15, -0.1) is 25.3 Å². The number of thiol groups is 2. The zero-order valence-corrected chi connectivity index (χ0v) is 16.6. The van der Waals surface area contributed by atoms with Gasteiger partial charge in [-0.05, 0) is 33.3 Å². The number of carbonyl (C=O) groups excluding carboxylic acids is 2. The van der Waals surface area contributed by atoms with E-state index in [4.69, 9.17) is 0 Å². The summed E-state index contributed by atoms with van der Waals surface area (Å²) in [6.45, 7) is 8.96. The number of rotatable bonds is 4. The monoisotopic (exact) mass is 373 g/mol. The molecule has 0 heterocycles. The topological polar surface area (TPSA) is 69.6 Å². The van der Waals surface area contributed by atoms with Gasteiger partial charge in [0.2, 0.25) is 0 Å². The fourth-order valence-electron chi connectivity index (χ4n) is 1.42. The molecule has 1 unspecified atom stereocenters. The Kier molecular flexibility index (Phi) is 9.84. The van der Waals surface area contributed by atoms with E-state index in [0.29, 0.717) is 0 Å². The van der Waals surface area contributed by atoms with Crippen molar-refractivity contribution in [3.05, 3.63) is 34.9 Å². The lowest BCUT2D eigenvalue weighted by molar-refractivity contribution is -0.110. The zero-order valence-electron chi connectivity index (χ0n) is 14.0. The Balaban J connectivity index is 0.00000108. The Bertz CT molecular complexity index is 576. The van der Waals surface area contributed by atoms with Crippen molar-refractivity contribution in [2.75, 3.05) is 0 Å². The van der Waals surface area contributed by atoms with Crippen molar-refractivity contribution < 1.29 is 14.1 Å². The summed E-state index contributed by atoms with van der Waals surface area (Å²) in [5.41, 5.74) is 2.73. The van der Waals surface area contributed by atoms with Gasteiger partial charge >= 0.3 is 0 Å². The Morgan fingerprint density at radius 2 is 1.83 bits per heavy atom. The molecule has 7 heteroatoms. The van der Waals surface area contributed by atoms with Crippen LogP contribution >= 0.6 is 25.3 Å². The molecule has 1 aromatic rings.